The van der Waals surface area contributed by atoms with E-state index in [1.54, 1.807) is 6.20 Å². The summed E-state index contributed by atoms with van der Waals surface area (Å²) in [6.45, 7) is 5.99. The van der Waals surface area contributed by atoms with Crippen LogP contribution in [-0.4, -0.2) is 10.1 Å². The SMILES string of the molecule is CC.Cc1ccc(CO)cn1. The van der Waals surface area contributed by atoms with Gasteiger partial charge in [0.25, 0.3) is 0 Å². The van der Waals surface area contributed by atoms with Crippen LogP contribution in [0.5, 0.6) is 0 Å². The van der Waals surface area contributed by atoms with Gasteiger partial charge in [0, 0.05) is 11.9 Å². The standard InChI is InChI=1S/C7H9NO.C2H6/c1-6-2-3-7(5-9)4-8-6;1-2/h2-4,9H,5H2,1H3;1-2H3. The summed E-state index contributed by atoms with van der Waals surface area (Å²) in [5.74, 6) is 0. The second-order valence-electron chi connectivity index (χ2n) is 1.97. The fraction of sp³-hybridized carbons (Fsp3) is 0.444. The fourth-order valence-electron chi connectivity index (χ4n) is 0.592. The van der Waals surface area contributed by atoms with Crippen molar-refractivity contribution in [3.05, 3.63) is 29.6 Å². The quantitative estimate of drug-likeness (QED) is 0.668. The molecule has 0 radical (unpaired) electrons. The molecule has 0 fully saturated rings. The van der Waals surface area contributed by atoms with Crippen LogP contribution in [0.3, 0.4) is 0 Å². The molecule has 62 valence electrons. The predicted octanol–water partition coefficient (Wildman–Crippen LogP) is 1.91. The molecular formula is C9H15NO. The van der Waals surface area contributed by atoms with Gasteiger partial charge in [0.05, 0.1) is 6.61 Å². The van der Waals surface area contributed by atoms with E-state index >= 15 is 0 Å². The Hall–Kier alpha value is -0.890. The van der Waals surface area contributed by atoms with Crippen LogP contribution in [0, 0.1) is 6.92 Å². The first-order valence-electron chi connectivity index (χ1n) is 3.85. The van der Waals surface area contributed by atoms with E-state index in [0.717, 1.165) is 11.3 Å². The average molecular weight is 153 g/mol. The lowest BCUT2D eigenvalue weighted by atomic mass is 10.3. The molecule has 0 aliphatic carbocycles. The van der Waals surface area contributed by atoms with Crippen molar-refractivity contribution in [3.8, 4) is 0 Å². The first-order valence-corrected chi connectivity index (χ1v) is 3.85. The van der Waals surface area contributed by atoms with Crippen LogP contribution >= 0.6 is 0 Å². The number of hydrogen-bond acceptors (Lipinski definition) is 2. The monoisotopic (exact) mass is 153 g/mol. The first-order chi connectivity index (χ1) is 5.33. The molecule has 0 spiro atoms. The zero-order valence-electron chi connectivity index (χ0n) is 7.33. The van der Waals surface area contributed by atoms with Crippen LogP contribution in [0.25, 0.3) is 0 Å². The molecule has 1 heterocycles. The highest BCUT2D eigenvalue weighted by molar-refractivity contribution is 5.11. The summed E-state index contributed by atoms with van der Waals surface area (Å²) in [6, 6.07) is 3.74. The number of aryl methyl sites for hydroxylation is 1. The molecule has 0 saturated carbocycles. The number of aliphatic hydroxyl groups excluding tert-OH is 1. The van der Waals surface area contributed by atoms with Gasteiger partial charge in [-0.2, -0.15) is 0 Å². The first kappa shape index (κ1) is 10.1. The molecule has 0 bridgehead atoms. The van der Waals surface area contributed by atoms with Crippen molar-refractivity contribution >= 4 is 0 Å². The van der Waals surface area contributed by atoms with E-state index < -0.39 is 0 Å². The normalized spacial score (nSPS) is 8.36. The summed E-state index contributed by atoms with van der Waals surface area (Å²) in [5, 5.41) is 8.59. The Balaban J connectivity index is 0.000000461. The summed E-state index contributed by atoms with van der Waals surface area (Å²) in [6.07, 6.45) is 1.68. The molecule has 11 heavy (non-hydrogen) atoms. The molecule has 2 heteroatoms. The van der Waals surface area contributed by atoms with Crippen LogP contribution in [0.1, 0.15) is 25.1 Å². The lowest BCUT2D eigenvalue weighted by molar-refractivity contribution is 0.281. The van der Waals surface area contributed by atoms with Crippen molar-refractivity contribution < 1.29 is 5.11 Å². The number of hydrogen-bond donors (Lipinski definition) is 1. The summed E-state index contributed by atoms with van der Waals surface area (Å²) >= 11 is 0. The van der Waals surface area contributed by atoms with Gasteiger partial charge in [-0.3, -0.25) is 4.98 Å². The Morgan fingerprint density at radius 2 is 2.00 bits per heavy atom. The molecule has 1 N–H and O–H groups in total. The van der Waals surface area contributed by atoms with Crippen molar-refractivity contribution in [2.75, 3.05) is 0 Å². The Kier molecular flexibility index (Phi) is 5.39. The van der Waals surface area contributed by atoms with Crippen molar-refractivity contribution in [3.63, 3.8) is 0 Å². The van der Waals surface area contributed by atoms with Crippen LogP contribution < -0.4 is 0 Å². The third-order valence-electron chi connectivity index (χ3n) is 1.16. The van der Waals surface area contributed by atoms with Crippen molar-refractivity contribution in [1.82, 2.24) is 4.98 Å². The zero-order chi connectivity index (χ0) is 8.69. The molecule has 0 atom stereocenters. The van der Waals surface area contributed by atoms with Gasteiger partial charge in [0.1, 0.15) is 0 Å². The van der Waals surface area contributed by atoms with Gasteiger partial charge in [-0.25, -0.2) is 0 Å². The minimum Gasteiger partial charge on any atom is -0.392 e. The Morgan fingerprint density at radius 3 is 2.36 bits per heavy atom. The van der Waals surface area contributed by atoms with Gasteiger partial charge < -0.3 is 5.11 Å². The average Bonchev–Trinajstić information content (AvgIpc) is 2.10. The maximum atomic E-state index is 8.59. The van der Waals surface area contributed by atoms with E-state index in [1.807, 2.05) is 32.9 Å². The molecule has 0 aromatic carbocycles. The smallest absolute Gasteiger partial charge is 0.0696 e. The lowest BCUT2D eigenvalue weighted by Crippen LogP contribution is -1.85. The van der Waals surface area contributed by atoms with Gasteiger partial charge >= 0.3 is 0 Å². The molecule has 1 rings (SSSR count). The minimum absolute atomic E-state index is 0.0767. The van der Waals surface area contributed by atoms with E-state index in [1.165, 1.54) is 0 Å². The van der Waals surface area contributed by atoms with Crippen LogP contribution in [0.2, 0.25) is 0 Å². The third-order valence-corrected chi connectivity index (χ3v) is 1.16. The summed E-state index contributed by atoms with van der Waals surface area (Å²) in [4.78, 5) is 3.99. The molecule has 1 aromatic heterocycles. The van der Waals surface area contributed by atoms with Crippen molar-refractivity contribution in [2.45, 2.75) is 27.4 Å². The van der Waals surface area contributed by atoms with Gasteiger partial charge in [0.2, 0.25) is 0 Å². The summed E-state index contributed by atoms with van der Waals surface area (Å²) in [7, 11) is 0. The molecule has 0 unspecified atom stereocenters. The van der Waals surface area contributed by atoms with E-state index in [4.69, 9.17) is 5.11 Å². The molecule has 0 amide bonds. The van der Waals surface area contributed by atoms with Gasteiger partial charge in [-0.1, -0.05) is 19.9 Å². The number of aliphatic hydroxyl groups is 1. The molecule has 0 aliphatic rings. The minimum atomic E-state index is 0.0767. The Labute approximate surface area is 67.9 Å². The topological polar surface area (TPSA) is 33.1 Å². The van der Waals surface area contributed by atoms with Gasteiger partial charge in [-0.15, -0.1) is 0 Å². The van der Waals surface area contributed by atoms with E-state index in [-0.39, 0.29) is 6.61 Å². The second-order valence-corrected chi connectivity index (χ2v) is 1.97. The van der Waals surface area contributed by atoms with Gasteiger partial charge in [-0.05, 0) is 18.6 Å². The van der Waals surface area contributed by atoms with Crippen molar-refractivity contribution in [1.29, 1.82) is 0 Å². The fourth-order valence-corrected chi connectivity index (χ4v) is 0.592. The molecule has 1 aromatic rings. The molecule has 0 aliphatic heterocycles. The molecule has 0 saturated heterocycles. The summed E-state index contributed by atoms with van der Waals surface area (Å²) in [5.41, 5.74) is 1.84. The Bertz CT molecular complexity index is 181. The second kappa shape index (κ2) is 5.86. The number of nitrogens with zero attached hydrogens (tertiary/aromatic N) is 1. The van der Waals surface area contributed by atoms with E-state index in [9.17, 15) is 0 Å². The summed E-state index contributed by atoms with van der Waals surface area (Å²) < 4.78 is 0. The number of pyridine rings is 1. The van der Waals surface area contributed by atoms with Crippen molar-refractivity contribution in [2.24, 2.45) is 0 Å². The Morgan fingerprint density at radius 1 is 1.36 bits per heavy atom. The molecular weight excluding hydrogens is 138 g/mol. The highest BCUT2D eigenvalue weighted by Gasteiger charge is 1.87. The third kappa shape index (κ3) is 3.73. The zero-order valence-corrected chi connectivity index (χ0v) is 7.33. The van der Waals surface area contributed by atoms with Crippen LogP contribution in [0.4, 0.5) is 0 Å². The highest BCUT2D eigenvalue weighted by atomic mass is 16.3. The largest absolute Gasteiger partial charge is 0.392 e. The van der Waals surface area contributed by atoms with E-state index in [0.29, 0.717) is 0 Å². The highest BCUT2D eigenvalue weighted by Crippen LogP contribution is 1.97. The number of aromatic nitrogens is 1. The number of rotatable bonds is 1. The van der Waals surface area contributed by atoms with E-state index in [2.05, 4.69) is 4.98 Å². The van der Waals surface area contributed by atoms with Crippen LogP contribution in [-0.2, 0) is 6.61 Å². The predicted molar refractivity (Wildman–Crippen MR) is 46.2 cm³/mol. The van der Waals surface area contributed by atoms with Gasteiger partial charge in [0.15, 0.2) is 0 Å². The van der Waals surface area contributed by atoms with Crippen LogP contribution in [0.15, 0.2) is 18.3 Å². The lowest BCUT2D eigenvalue weighted by Gasteiger charge is -1.93. The maximum Gasteiger partial charge on any atom is 0.0696 e. The molecule has 2 nitrogen and oxygen atoms in total. The maximum absolute atomic E-state index is 8.59.